The molecule has 0 bridgehead atoms. The maximum atomic E-state index is 11.4. The van der Waals surface area contributed by atoms with E-state index < -0.39 is 9.84 Å². The standard InChI is InChI=1S/C10H16N2O2S2/c1-7-10(12-9(15-7)2-4-11)8-3-5-16(13,14)6-8/h8H,2-6,11H2,1H3. The van der Waals surface area contributed by atoms with Gasteiger partial charge in [0.15, 0.2) is 9.84 Å². The molecule has 90 valence electrons. The van der Waals surface area contributed by atoms with E-state index in [0.717, 1.165) is 28.4 Å². The number of aryl methyl sites for hydroxylation is 1. The average molecular weight is 260 g/mol. The molecule has 1 aliphatic rings. The van der Waals surface area contributed by atoms with Crippen molar-refractivity contribution in [1.82, 2.24) is 4.98 Å². The molecule has 1 aromatic rings. The van der Waals surface area contributed by atoms with Crippen molar-refractivity contribution in [3.05, 3.63) is 15.6 Å². The number of hydrogen-bond donors (Lipinski definition) is 1. The molecule has 0 spiro atoms. The number of thiazole rings is 1. The summed E-state index contributed by atoms with van der Waals surface area (Å²) in [5, 5.41) is 1.03. The highest BCUT2D eigenvalue weighted by molar-refractivity contribution is 7.91. The highest BCUT2D eigenvalue weighted by atomic mass is 32.2. The largest absolute Gasteiger partial charge is 0.330 e. The van der Waals surface area contributed by atoms with Gasteiger partial charge in [-0.05, 0) is 19.9 Å². The predicted octanol–water partition coefficient (Wildman–Crippen LogP) is 0.855. The lowest BCUT2D eigenvalue weighted by molar-refractivity contribution is 0.601. The Morgan fingerprint density at radius 2 is 2.31 bits per heavy atom. The highest BCUT2D eigenvalue weighted by Crippen LogP contribution is 2.32. The molecule has 0 radical (unpaired) electrons. The Balaban J connectivity index is 2.21. The number of aromatic nitrogens is 1. The Morgan fingerprint density at radius 3 is 2.88 bits per heavy atom. The van der Waals surface area contributed by atoms with E-state index >= 15 is 0 Å². The number of hydrogen-bond acceptors (Lipinski definition) is 5. The first-order chi connectivity index (χ1) is 7.52. The Labute approximate surface area is 99.8 Å². The third-order valence-electron chi connectivity index (χ3n) is 2.85. The molecule has 0 amide bonds. The van der Waals surface area contributed by atoms with Gasteiger partial charge in [-0.3, -0.25) is 0 Å². The SMILES string of the molecule is Cc1sc(CCN)nc1C1CCS(=O)(=O)C1. The number of sulfone groups is 1. The predicted molar refractivity (Wildman–Crippen MR) is 65.6 cm³/mol. The lowest BCUT2D eigenvalue weighted by atomic mass is 10.0. The highest BCUT2D eigenvalue weighted by Gasteiger charge is 2.31. The summed E-state index contributed by atoms with van der Waals surface area (Å²) >= 11 is 1.64. The third-order valence-corrected chi connectivity index (χ3v) is 5.67. The van der Waals surface area contributed by atoms with E-state index in [4.69, 9.17) is 5.73 Å². The molecule has 4 nitrogen and oxygen atoms in total. The van der Waals surface area contributed by atoms with Crippen LogP contribution in [0.4, 0.5) is 0 Å². The van der Waals surface area contributed by atoms with Crippen molar-refractivity contribution < 1.29 is 8.42 Å². The van der Waals surface area contributed by atoms with Crippen LogP contribution in [0.2, 0.25) is 0 Å². The smallest absolute Gasteiger partial charge is 0.151 e. The minimum absolute atomic E-state index is 0.104. The zero-order valence-corrected chi connectivity index (χ0v) is 10.9. The van der Waals surface area contributed by atoms with Crippen molar-refractivity contribution in [2.24, 2.45) is 5.73 Å². The van der Waals surface area contributed by atoms with E-state index in [1.807, 2.05) is 6.92 Å². The molecule has 1 aliphatic heterocycles. The Bertz CT molecular complexity index is 479. The second kappa shape index (κ2) is 4.43. The molecule has 6 heteroatoms. The lowest BCUT2D eigenvalue weighted by Gasteiger charge is -2.04. The monoisotopic (exact) mass is 260 g/mol. The number of nitrogens with zero attached hydrogens (tertiary/aromatic N) is 1. The second-order valence-corrected chi connectivity index (χ2v) is 7.70. The van der Waals surface area contributed by atoms with Gasteiger partial charge in [0, 0.05) is 17.2 Å². The van der Waals surface area contributed by atoms with Gasteiger partial charge < -0.3 is 5.73 Å². The quantitative estimate of drug-likeness (QED) is 0.874. The van der Waals surface area contributed by atoms with E-state index in [2.05, 4.69) is 4.98 Å². The Kier molecular flexibility index (Phi) is 3.32. The van der Waals surface area contributed by atoms with Crippen LogP contribution in [-0.4, -0.2) is 31.5 Å². The van der Waals surface area contributed by atoms with E-state index in [0.29, 0.717) is 12.3 Å². The van der Waals surface area contributed by atoms with Crippen LogP contribution in [-0.2, 0) is 16.3 Å². The summed E-state index contributed by atoms with van der Waals surface area (Å²) in [7, 11) is -2.82. The molecule has 1 aromatic heterocycles. The van der Waals surface area contributed by atoms with Crippen LogP contribution in [0.3, 0.4) is 0 Å². The van der Waals surface area contributed by atoms with Gasteiger partial charge in [0.05, 0.1) is 22.2 Å². The molecule has 2 N–H and O–H groups in total. The van der Waals surface area contributed by atoms with E-state index in [1.165, 1.54) is 0 Å². The normalized spacial score (nSPS) is 23.8. The second-order valence-electron chi connectivity index (χ2n) is 4.19. The zero-order valence-electron chi connectivity index (χ0n) is 9.27. The van der Waals surface area contributed by atoms with Crippen molar-refractivity contribution in [2.45, 2.75) is 25.7 Å². The van der Waals surface area contributed by atoms with Crippen LogP contribution in [0.15, 0.2) is 0 Å². The fourth-order valence-electron chi connectivity index (χ4n) is 2.08. The maximum Gasteiger partial charge on any atom is 0.151 e. The lowest BCUT2D eigenvalue weighted by Crippen LogP contribution is -2.06. The van der Waals surface area contributed by atoms with Crippen molar-refractivity contribution in [3.8, 4) is 0 Å². The van der Waals surface area contributed by atoms with Gasteiger partial charge >= 0.3 is 0 Å². The summed E-state index contributed by atoms with van der Waals surface area (Å²) in [5.41, 5.74) is 6.47. The molecular weight excluding hydrogens is 244 g/mol. The fourth-order valence-corrected chi connectivity index (χ4v) is 4.87. The van der Waals surface area contributed by atoms with E-state index in [9.17, 15) is 8.42 Å². The third kappa shape index (κ3) is 2.44. The van der Waals surface area contributed by atoms with Crippen molar-refractivity contribution in [3.63, 3.8) is 0 Å². The summed E-state index contributed by atoms with van der Waals surface area (Å²) in [4.78, 5) is 5.67. The fraction of sp³-hybridized carbons (Fsp3) is 0.700. The molecule has 0 saturated carbocycles. The van der Waals surface area contributed by atoms with Gasteiger partial charge in [-0.1, -0.05) is 0 Å². The molecule has 1 saturated heterocycles. The van der Waals surface area contributed by atoms with Crippen molar-refractivity contribution in [1.29, 1.82) is 0 Å². The summed E-state index contributed by atoms with van der Waals surface area (Å²) in [6.45, 7) is 2.60. The molecule has 16 heavy (non-hydrogen) atoms. The summed E-state index contributed by atoms with van der Waals surface area (Å²) < 4.78 is 22.8. The first-order valence-corrected chi connectivity index (χ1v) is 8.02. The van der Waals surface area contributed by atoms with Crippen LogP contribution in [0.1, 0.15) is 27.9 Å². The van der Waals surface area contributed by atoms with Gasteiger partial charge in [-0.15, -0.1) is 11.3 Å². The topological polar surface area (TPSA) is 73.0 Å². The molecule has 2 rings (SSSR count). The maximum absolute atomic E-state index is 11.4. The summed E-state index contributed by atoms with van der Waals surface area (Å²) in [5.74, 6) is 0.674. The van der Waals surface area contributed by atoms with E-state index in [1.54, 1.807) is 11.3 Å². The van der Waals surface area contributed by atoms with E-state index in [-0.39, 0.29) is 11.7 Å². The Hall–Kier alpha value is -0.460. The first-order valence-electron chi connectivity index (χ1n) is 5.38. The van der Waals surface area contributed by atoms with Gasteiger partial charge in [0.1, 0.15) is 0 Å². The summed E-state index contributed by atoms with van der Waals surface area (Å²) in [6.07, 6.45) is 1.50. The van der Waals surface area contributed by atoms with Gasteiger partial charge in [-0.25, -0.2) is 13.4 Å². The molecule has 1 unspecified atom stereocenters. The van der Waals surface area contributed by atoms with Crippen LogP contribution in [0.5, 0.6) is 0 Å². The van der Waals surface area contributed by atoms with Crippen LogP contribution < -0.4 is 5.73 Å². The Morgan fingerprint density at radius 1 is 1.56 bits per heavy atom. The molecule has 0 aliphatic carbocycles. The van der Waals surface area contributed by atoms with Gasteiger partial charge in [0.2, 0.25) is 0 Å². The van der Waals surface area contributed by atoms with Crippen LogP contribution in [0, 0.1) is 6.92 Å². The van der Waals surface area contributed by atoms with Crippen LogP contribution >= 0.6 is 11.3 Å². The van der Waals surface area contributed by atoms with Crippen molar-refractivity contribution >= 4 is 21.2 Å². The zero-order chi connectivity index (χ0) is 11.8. The molecule has 0 aromatic carbocycles. The molecular formula is C10H16N2O2S2. The minimum atomic E-state index is -2.82. The van der Waals surface area contributed by atoms with Crippen molar-refractivity contribution in [2.75, 3.05) is 18.1 Å². The minimum Gasteiger partial charge on any atom is -0.330 e. The first kappa shape index (κ1) is 12.0. The summed E-state index contributed by atoms with van der Waals surface area (Å²) in [6, 6.07) is 0. The number of rotatable bonds is 3. The van der Waals surface area contributed by atoms with Crippen LogP contribution in [0.25, 0.3) is 0 Å². The van der Waals surface area contributed by atoms with Gasteiger partial charge in [0.25, 0.3) is 0 Å². The molecule has 1 atom stereocenters. The molecule has 2 heterocycles. The molecule has 1 fully saturated rings. The van der Waals surface area contributed by atoms with Gasteiger partial charge in [-0.2, -0.15) is 0 Å². The number of nitrogens with two attached hydrogens (primary N) is 1. The average Bonchev–Trinajstić information content (AvgIpc) is 2.70.